The SMILES string of the molecule is Cc1ccc(C)c(OCc2cccnc2C(=O)O)c1C. The molecule has 2 aromatic rings. The maximum atomic E-state index is 11.1. The van der Waals surface area contributed by atoms with Crippen molar-refractivity contribution in [1.29, 1.82) is 0 Å². The third kappa shape index (κ3) is 2.79. The number of hydrogen-bond acceptors (Lipinski definition) is 3. The van der Waals surface area contributed by atoms with Gasteiger partial charge in [0.1, 0.15) is 12.4 Å². The number of ether oxygens (including phenoxy) is 1. The third-order valence-electron chi connectivity index (χ3n) is 3.34. The summed E-state index contributed by atoms with van der Waals surface area (Å²) < 4.78 is 5.82. The molecule has 0 radical (unpaired) electrons. The molecule has 104 valence electrons. The molecule has 20 heavy (non-hydrogen) atoms. The number of carbonyl (C=O) groups is 1. The zero-order chi connectivity index (χ0) is 14.7. The van der Waals surface area contributed by atoms with Gasteiger partial charge >= 0.3 is 5.97 Å². The summed E-state index contributed by atoms with van der Waals surface area (Å²) in [5.41, 5.74) is 3.87. The molecule has 2 rings (SSSR count). The van der Waals surface area contributed by atoms with Crippen LogP contribution in [0.5, 0.6) is 5.75 Å². The summed E-state index contributed by atoms with van der Waals surface area (Å²) in [6.07, 6.45) is 1.47. The van der Waals surface area contributed by atoms with E-state index in [0.717, 1.165) is 22.4 Å². The molecule has 0 amide bonds. The van der Waals surface area contributed by atoms with Gasteiger partial charge in [-0.05, 0) is 43.5 Å². The number of aromatic carboxylic acids is 1. The van der Waals surface area contributed by atoms with Gasteiger partial charge in [-0.15, -0.1) is 0 Å². The van der Waals surface area contributed by atoms with Crippen LogP contribution in [-0.2, 0) is 6.61 Å². The van der Waals surface area contributed by atoms with Gasteiger partial charge in [-0.1, -0.05) is 18.2 Å². The topological polar surface area (TPSA) is 59.4 Å². The Bertz CT molecular complexity index is 650. The van der Waals surface area contributed by atoms with Crippen LogP contribution in [0, 0.1) is 20.8 Å². The van der Waals surface area contributed by atoms with Gasteiger partial charge in [0.25, 0.3) is 0 Å². The fourth-order valence-electron chi connectivity index (χ4n) is 2.05. The molecule has 1 aromatic carbocycles. The Morgan fingerprint density at radius 1 is 1.20 bits per heavy atom. The molecule has 1 N–H and O–H groups in total. The van der Waals surface area contributed by atoms with Crippen LogP contribution in [0.25, 0.3) is 0 Å². The highest BCUT2D eigenvalue weighted by Gasteiger charge is 2.13. The lowest BCUT2D eigenvalue weighted by atomic mass is 10.1. The second-order valence-corrected chi connectivity index (χ2v) is 4.76. The first-order chi connectivity index (χ1) is 9.50. The summed E-state index contributed by atoms with van der Waals surface area (Å²) in [5.74, 6) is -0.230. The van der Waals surface area contributed by atoms with E-state index in [1.807, 2.05) is 32.9 Å². The van der Waals surface area contributed by atoms with Crippen LogP contribution in [0.2, 0.25) is 0 Å². The largest absolute Gasteiger partial charge is 0.488 e. The van der Waals surface area contributed by atoms with E-state index >= 15 is 0 Å². The lowest BCUT2D eigenvalue weighted by Crippen LogP contribution is -2.08. The highest BCUT2D eigenvalue weighted by atomic mass is 16.5. The van der Waals surface area contributed by atoms with E-state index in [2.05, 4.69) is 4.98 Å². The summed E-state index contributed by atoms with van der Waals surface area (Å²) in [5, 5.41) is 9.10. The van der Waals surface area contributed by atoms with Crippen molar-refractivity contribution in [1.82, 2.24) is 4.98 Å². The zero-order valence-electron chi connectivity index (χ0n) is 11.8. The van der Waals surface area contributed by atoms with Crippen LogP contribution in [0.1, 0.15) is 32.7 Å². The number of nitrogens with zero attached hydrogens (tertiary/aromatic N) is 1. The molecule has 0 saturated carbocycles. The maximum Gasteiger partial charge on any atom is 0.354 e. The van der Waals surface area contributed by atoms with Gasteiger partial charge < -0.3 is 9.84 Å². The molecule has 1 aromatic heterocycles. The predicted molar refractivity (Wildman–Crippen MR) is 76.2 cm³/mol. The van der Waals surface area contributed by atoms with Crippen molar-refractivity contribution < 1.29 is 14.6 Å². The molecular formula is C16H17NO3. The Labute approximate surface area is 118 Å². The number of carboxylic acids is 1. The highest BCUT2D eigenvalue weighted by molar-refractivity contribution is 5.86. The Balaban J connectivity index is 2.26. The Kier molecular flexibility index (Phi) is 4.03. The Morgan fingerprint density at radius 3 is 2.60 bits per heavy atom. The molecule has 0 spiro atoms. The number of benzene rings is 1. The fraction of sp³-hybridized carbons (Fsp3) is 0.250. The van der Waals surface area contributed by atoms with Crippen molar-refractivity contribution in [2.75, 3.05) is 0 Å². The molecule has 1 heterocycles. The second-order valence-electron chi connectivity index (χ2n) is 4.76. The average Bonchev–Trinajstić information content (AvgIpc) is 2.43. The molecule has 0 bridgehead atoms. The number of carboxylic acid groups (broad SMARTS) is 1. The van der Waals surface area contributed by atoms with Crippen LogP contribution >= 0.6 is 0 Å². The van der Waals surface area contributed by atoms with Crippen molar-refractivity contribution >= 4 is 5.97 Å². The van der Waals surface area contributed by atoms with Gasteiger partial charge in [-0.2, -0.15) is 0 Å². The molecule has 0 saturated heterocycles. The molecule has 0 aliphatic carbocycles. The molecule has 4 heteroatoms. The van der Waals surface area contributed by atoms with Crippen LogP contribution < -0.4 is 4.74 Å². The number of aryl methyl sites for hydroxylation is 2. The van der Waals surface area contributed by atoms with E-state index in [-0.39, 0.29) is 12.3 Å². The van der Waals surface area contributed by atoms with E-state index in [0.29, 0.717) is 5.56 Å². The summed E-state index contributed by atoms with van der Waals surface area (Å²) in [7, 11) is 0. The lowest BCUT2D eigenvalue weighted by Gasteiger charge is -2.14. The van der Waals surface area contributed by atoms with E-state index in [1.54, 1.807) is 12.1 Å². The molecule has 0 aliphatic heterocycles. The van der Waals surface area contributed by atoms with E-state index in [4.69, 9.17) is 9.84 Å². The van der Waals surface area contributed by atoms with Gasteiger partial charge in [0.2, 0.25) is 0 Å². The van der Waals surface area contributed by atoms with E-state index < -0.39 is 5.97 Å². The molecular weight excluding hydrogens is 254 g/mol. The van der Waals surface area contributed by atoms with Crippen molar-refractivity contribution in [2.45, 2.75) is 27.4 Å². The third-order valence-corrected chi connectivity index (χ3v) is 3.34. The van der Waals surface area contributed by atoms with Crippen LogP contribution in [0.15, 0.2) is 30.5 Å². The van der Waals surface area contributed by atoms with Crippen LogP contribution in [-0.4, -0.2) is 16.1 Å². The van der Waals surface area contributed by atoms with Gasteiger partial charge in [-0.3, -0.25) is 0 Å². The number of aromatic nitrogens is 1. The number of pyridine rings is 1. The summed E-state index contributed by atoms with van der Waals surface area (Å²) >= 11 is 0. The van der Waals surface area contributed by atoms with Crippen LogP contribution in [0.4, 0.5) is 0 Å². The van der Waals surface area contributed by atoms with E-state index in [9.17, 15) is 4.79 Å². The van der Waals surface area contributed by atoms with Gasteiger partial charge in [0.05, 0.1) is 0 Å². The summed E-state index contributed by atoms with van der Waals surface area (Å²) in [6, 6.07) is 7.47. The zero-order valence-corrected chi connectivity index (χ0v) is 11.8. The average molecular weight is 271 g/mol. The Hall–Kier alpha value is -2.36. The standard InChI is InChI=1S/C16H17NO3/c1-10-6-7-11(2)15(12(10)3)20-9-13-5-4-8-17-14(13)16(18)19/h4-8H,9H2,1-3H3,(H,18,19). The highest BCUT2D eigenvalue weighted by Crippen LogP contribution is 2.26. The van der Waals surface area contributed by atoms with Crippen molar-refractivity contribution in [3.05, 3.63) is 58.4 Å². The fourth-order valence-corrected chi connectivity index (χ4v) is 2.05. The minimum absolute atomic E-state index is 0.0375. The number of hydrogen-bond donors (Lipinski definition) is 1. The maximum absolute atomic E-state index is 11.1. The summed E-state index contributed by atoms with van der Waals surface area (Å²) in [4.78, 5) is 15.0. The van der Waals surface area contributed by atoms with Crippen molar-refractivity contribution in [3.8, 4) is 5.75 Å². The first-order valence-electron chi connectivity index (χ1n) is 6.37. The molecule has 0 atom stereocenters. The Morgan fingerprint density at radius 2 is 1.90 bits per heavy atom. The molecule has 4 nitrogen and oxygen atoms in total. The molecule has 0 fully saturated rings. The minimum Gasteiger partial charge on any atom is -0.488 e. The van der Waals surface area contributed by atoms with Crippen molar-refractivity contribution in [2.24, 2.45) is 0 Å². The normalized spacial score (nSPS) is 10.3. The quantitative estimate of drug-likeness (QED) is 0.927. The van der Waals surface area contributed by atoms with Gasteiger partial charge in [0.15, 0.2) is 5.69 Å². The van der Waals surface area contributed by atoms with Gasteiger partial charge in [-0.25, -0.2) is 9.78 Å². The lowest BCUT2D eigenvalue weighted by molar-refractivity contribution is 0.0687. The van der Waals surface area contributed by atoms with Gasteiger partial charge in [0, 0.05) is 11.8 Å². The van der Waals surface area contributed by atoms with Crippen LogP contribution in [0.3, 0.4) is 0 Å². The smallest absolute Gasteiger partial charge is 0.354 e. The molecule has 0 unspecified atom stereocenters. The first kappa shape index (κ1) is 14.1. The monoisotopic (exact) mass is 271 g/mol. The predicted octanol–water partition coefficient (Wildman–Crippen LogP) is 3.28. The van der Waals surface area contributed by atoms with E-state index in [1.165, 1.54) is 6.20 Å². The summed E-state index contributed by atoms with van der Waals surface area (Å²) in [6.45, 7) is 6.19. The number of rotatable bonds is 4. The molecule has 0 aliphatic rings. The second kappa shape index (κ2) is 5.74. The first-order valence-corrected chi connectivity index (χ1v) is 6.37. The minimum atomic E-state index is -1.04. The van der Waals surface area contributed by atoms with Crippen molar-refractivity contribution in [3.63, 3.8) is 0 Å².